The van der Waals surface area contributed by atoms with E-state index in [4.69, 9.17) is 16.3 Å². The van der Waals surface area contributed by atoms with Crippen molar-refractivity contribution in [3.05, 3.63) is 23.8 Å². The van der Waals surface area contributed by atoms with Gasteiger partial charge in [-0.15, -0.1) is 11.6 Å². The Morgan fingerprint density at radius 3 is 2.76 bits per heavy atom. The average Bonchev–Trinajstić information content (AvgIpc) is 2.93. The van der Waals surface area contributed by atoms with E-state index >= 15 is 0 Å². The smallest absolute Gasteiger partial charge is 0.162 e. The highest BCUT2D eigenvalue weighted by molar-refractivity contribution is 6.21. The molecule has 0 aromatic rings. The maximum Gasteiger partial charge on any atom is 0.162 e. The lowest BCUT2D eigenvalue weighted by molar-refractivity contribution is -0.160. The number of hydrogen-bond acceptors (Lipinski definition) is 3. The van der Waals surface area contributed by atoms with E-state index in [-0.39, 0.29) is 22.1 Å². The van der Waals surface area contributed by atoms with E-state index in [0.717, 1.165) is 19.3 Å². The molecule has 8 atom stereocenters. The Kier molecular flexibility index (Phi) is 5.18. The van der Waals surface area contributed by atoms with Crippen LogP contribution in [0.25, 0.3) is 0 Å². The van der Waals surface area contributed by atoms with Gasteiger partial charge in [0, 0.05) is 5.92 Å². The Balaban J connectivity index is 1.94. The molecule has 3 nitrogen and oxygen atoms in total. The van der Waals surface area contributed by atoms with Crippen molar-refractivity contribution < 1.29 is 14.9 Å². The van der Waals surface area contributed by atoms with Gasteiger partial charge in [-0.2, -0.15) is 0 Å². The minimum atomic E-state index is -0.767. The van der Waals surface area contributed by atoms with E-state index in [1.165, 1.54) is 11.1 Å². The van der Waals surface area contributed by atoms with Crippen LogP contribution in [0.1, 0.15) is 53.4 Å². The Labute approximate surface area is 157 Å². The molecule has 8 unspecified atom stereocenters. The predicted octanol–water partition coefficient (Wildman–Crippen LogP) is 4.27. The maximum absolute atomic E-state index is 10.8. The zero-order chi connectivity index (χ0) is 18.6. The van der Waals surface area contributed by atoms with Crippen molar-refractivity contribution in [1.82, 2.24) is 0 Å². The third-order valence-corrected chi connectivity index (χ3v) is 8.39. The van der Waals surface area contributed by atoms with Gasteiger partial charge in [0.15, 0.2) is 6.29 Å². The molecule has 2 N–H and O–H groups in total. The van der Waals surface area contributed by atoms with E-state index in [1.54, 1.807) is 0 Å². The van der Waals surface area contributed by atoms with E-state index < -0.39 is 12.4 Å². The van der Waals surface area contributed by atoms with Gasteiger partial charge in [0.25, 0.3) is 0 Å². The van der Waals surface area contributed by atoms with Crippen LogP contribution in [0.3, 0.4) is 0 Å². The molecule has 0 aromatic carbocycles. The monoisotopic (exact) mass is 368 g/mol. The van der Waals surface area contributed by atoms with Crippen molar-refractivity contribution in [3.63, 3.8) is 0 Å². The van der Waals surface area contributed by atoms with Crippen LogP contribution in [0.4, 0.5) is 0 Å². The minimum absolute atomic E-state index is 0.0250. The molecule has 3 rings (SSSR count). The molecule has 4 heteroatoms. The van der Waals surface area contributed by atoms with Crippen LogP contribution in [0.2, 0.25) is 0 Å². The second-order valence-corrected chi connectivity index (χ2v) is 9.69. The first kappa shape index (κ1) is 19.4. The number of rotatable bonds is 4. The molecule has 142 valence electrons. The Morgan fingerprint density at radius 2 is 2.12 bits per heavy atom. The summed E-state index contributed by atoms with van der Waals surface area (Å²) in [5.74, 6) is 0.748. The first-order valence-electron chi connectivity index (χ1n) is 9.57. The van der Waals surface area contributed by atoms with Crippen molar-refractivity contribution >= 4 is 11.6 Å². The molecule has 0 spiro atoms. The summed E-state index contributed by atoms with van der Waals surface area (Å²) in [6, 6.07) is 0. The molecule has 25 heavy (non-hydrogen) atoms. The second kappa shape index (κ2) is 6.67. The minimum Gasteiger partial charge on any atom is -0.392 e. The fourth-order valence-corrected chi connectivity index (χ4v) is 6.15. The van der Waals surface area contributed by atoms with Crippen molar-refractivity contribution in [2.75, 3.05) is 6.61 Å². The van der Waals surface area contributed by atoms with Gasteiger partial charge in [0.1, 0.15) is 0 Å². The van der Waals surface area contributed by atoms with Crippen LogP contribution < -0.4 is 0 Å². The lowest BCUT2D eigenvalue weighted by Crippen LogP contribution is -2.60. The number of hydrogen-bond donors (Lipinski definition) is 2. The third kappa shape index (κ3) is 3.01. The van der Waals surface area contributed by atoms with Crippen molar-refractivity contribution in [1.29, 1.82) is 0 Å². The summed E-state index contributed by atoms with van der Waals surface area (Å²) < 4.78 is 5.53. The number of alkyl halides is 1. The molecule has 1 saturated carbocycles. The van der Waals surface area contributed by atoms with Crippen molar-refractivity contribution in [2.45, 2.75) is 71.1 Å². The van der Waals surface area contributed by atoms with Gasteiger partial charge in [-0.25, -0.2) is 0 Å². The Hall–Kier alpha value is -0.350. The first-order chi connectivity index (χ1) is 11.6. The van der Waals surface area contributed by atoms with Crippen LogP contribution in [-0.4, -0.2) is 34.6 Å². The maximum atomic E-state index is 10.8. The Bertz CT molecular complexity index is 573. The van der Waals surface area contributed by atoms with Gasteiger partial charge in [-0.1, -0.05) is 39.0 Å². The number of allylic oxidation sites excluding steroid dienone is 2. The van der Waals surface area contributed by atoms with Gasteiger partial charge >= 0.3 is 0 Å². The van der Waals surface area contributed by atoms with E-state index in [2.05, 4.69) is 40.3 Å². The average molecular weight is 369 g/mol. The predicted molar refractivity (Wildman–Crippen MR) is 101 cm³/mol. The van der Waals surface area contributed by atoms with Crippen LogP contribution in [0.5, 0.6) is 0 Å². The molecule has 2 fully saturated rings. The molecule has 1 heterocycles. The normalized spacial score (nSPS) is 47.6. The summed E-state index contributed by atoms with van der Waals surface area (Å²) in [6.07, 6.45) is 4.49. The van der Waals surface area contributed by atoms with Gasteiger partial charge in [0.05, 0.1) is 18.1 Å². The first-order valence-corrected chi connectivity index (χ1v) is 10.0. The highest BCUT2D eigenvalue weighted by Gasteiger charge is 2.62. The van der Waals surface area contributed by atoms with Crippen LogP contribution >= 0.6 is 11.6 Å². The highest BCUT2D eigenvalue weighted by atomic mass is 35.5. The van der Waals surface area contributed by atoms with Crippen molar-refractivity contribution in [3.8, 4) is 0 Å². The number of aliphatic hydroxyl groups is 2. The van der Waals surface area contributed by atoms with Gasteiger partial charge in [-0.3, -0.25) is 0 Å². The summed E-state index contributed by atoms with van der Waals surface area (Å²) in [5, 5.41) is 21.0. The standard InChI is InChI=1S/C21H33ClO3/c1-12(2)13(3)8-9-20(4)16-7-6-14-11-25-19(24)17(14)21(16,5)10-15(23)18(20)22/h6,13,15-19,23-24H,1,7-11H2,2-5H3. The number of fused-ring (bicyclic) bond motifs is 3. The highest BCUT2D eigenvalue weighted by Crippen LogP contribution is 2.64. The Morgan fingerprint density at radius 1 is 1.44 bits per heavy atom. The summed E-state index contributed by atoms with van der Waals surface area (Å²) in [6.45, 7) is 13.3. The molecule has 0 amide bonds. The quantitative estimate of drug-likeness (QED) is 0.575. The van der Waals surface area contributed by atoms with E-state index in [0.29, 0.717) is 24.9 Å². The lowest BCUT2D eigenvalue weighted by Gasteiger charge is -2.60. The summed E-state index contributed by atoms with van der Waals surface area (Å²) >= 11 is 6.81. The molecule has 0 radical (unpaired) electrons. The van der Waals surface area contributed by atoms with Gasteiger partial charge in [-0.05, 0) is 60.8 Å². The zero-order valence-electron chi connectivity index (χ0n) is 16.0. The number of ether oxygens (including phenoxy) is 1. The fraction of sp³-hybridized carbons (Fsp3) is 0.810. The van der Waals surface area contributed by atoms with E-state index in [9.17, 15) is 10.2 Å². The second-order valence-electron chi connectivity index (χ2n) is 9.22. The fourth-order valence-electron chi connectivity index (χ4n) is 5.80. The zero-order valence-corrected chi connectivity index (χ0v) is 16.7. The summed E-state index contributed by atoms with van der Waals surface area (Å²) in [4.78, 5) is 0. The third-order valence-electron chi connectivity index (χ3n) is 7.60. The summed E-state index contributed by atoms with van der Waals surface area (Å²) in [7, 11) is 0. The largest absolute Gasteiger partial charge is 0.392 e. The molecule has 0 aromatic heterocycles. The molecule has 2 aliphatic carbocycles. The van der Waals surface area contributed by atoms with Gasteiger partial charge in [0.2, 0.25) is 0 Å². The van der Waals surface area contributed by atoms with E-state index in [1.807, 2.05) is 0 Å². The van der Waals surface area contributed by atoms with Crippen LogP contribution in [0.15, 0.2) is 23.8 Å². The summed E-state index contributed by atoms with van der Waals surface area (Å²) in [5.41, 5.74) is 2.03. The topological polar surface area (TPSA) is 49.7 Å². The number of aliphatic hydroxyl groups excluding tert-OH is 2. The molecule has 3 aliphatic rings. The SMILES string of the molecule is C=C(C)C(C)CCC1(C)C(Cl)C(O)CC2(C)C3C(=CCC12)COC3O. The molecular formula is C21H33ClO3. The molecular weight excluding hydrogens is 336 g/mol. The lowest BCUT2D eigenvalue weighted by atomic mass is 9.46. The van der Waals surface area contributed by atoms with Crippen LogP contribution in [-0.2, 0) is 4.74 Å². The van der Waals surface area contributed by atoms with Crippen LogP contribution in [0, 0.1) is 28.6 Å². The molecule has 0 bridgehead atoms. The number of halogens is 1. The van der Waals surface area contributed by atoms with Crippen molar-refractivity contribution in [2.24, 2.45) is 28.6 Å². The molecule has 1 saturated heterocycles. The van der Waals surface area contributed by atoms with Gasteiger partial charge < -0.3 is 14.9 Å². The molecule has 1 aliphatic heterocycles.